The van der Waals surface area contributed by atoms with Crippen LogP contribution >= 0.6 is 11.3 Å². The molecule has 0 aliphatic carbocycles. The summed E-state index contributed by atoms with van der Waals surface area (Å²) in [5, 5.41) is 9.10. The van der Waals surface area contributed by atoms with Gasteiger partial charge in [0.05, 0.1) is 11.4 Å². The number of nitrogens with one attached hydrogen (secondary N) is 1. The van der Waals surface area contributed by atoms with Crippen molar-refractivity contribution in [1.29, 1.82) is 0 Å². The minimum absolute atomic E-state index is 0.0672. The van der Waals surface area contributed by atoms with Gasteiger partial charge in [-0.05, 0) is 49.4 Å². The van der Waals surface area contributed by atoms with Gasteiger partial charge in [-0.1, -0.05) is 23.8 Å². The van der Waals surface area contributed by atoms with Gasteiger partial charge in [0.2, 0.25) is 0 Å². The highest BCUT2D eigenvalue weighted by Crippen LogP contribution is 2.24. The van der Waals surface area contributed by atoms with Gasteiger partial charge in [-0.3, -0.25) is 9.59 Å². The van der Waals surface area contributed by atoms with Crippen molar-refractivity contribution in [2.45, 2.75) is 27.3 Å². The van der Waals surface area contributed by atoms with Crippen LogP contribution in [0.25, 0.3) is 10.6 Å². The molecule has 7 heteroatoms. The molecular weight excluding hydrogens is 374 g/mol. The summed E-state index contributed by atoms with van der Waals surface area (Å²) < 4.78 is 7.05. The SMILES string of the molecule is Cc1cc(C)c(OCC(=O)NCCn2nc(-c3cccs3)ccc2=O)c(C)c1. The fourth-order valence-corrected chi connectivity index (χ4v) is 3.74. The van der Waals surface area contributed by atoms with Gasteiger partial charge in [0.25, 0.3) is 11.5 Å². The van der Waals surface area contributed by atoms with Gasteiger partial charge in [0.1, 0.15) is 11.4 Å². The van der Waals surface area contributed by atoms with Gasteiger partial charge < -0.3 is 10.1 Å². The van der Waals surface area contributed by atoms with Crippen molar-refractivity contribution in [3.63, 3.8) is 0 Å². The Morgan fingerprint density at radius 1 is 1.18 bits per heavy atom. The molecule has 0 bridgehead atoms. The fraction of sp³-hybridized carbons (Fsp3) is 0.286. The lowest BCUT2D eigenvalue weighted by atomic mass is 10.1. The summed E-state index contributed by atoms with van der Waals surface area (Å²) in [6.45, 7) is 6.49. The van der Waals surface area contributed by atoms with E-state index in [-0.39, 0.29) is 18.1 Å². The van der Waals surface area contributed by atoms with Crippen molar-refractivity contribution in [1.82, 2.24) is 15.1 Å². The van der Waals surface area contributed by atoms with Crippen LogP contribution in [0, 0.1) is 20.8 Å². The molecule has 2 heterocycles. The summed E-state index contributed by atoms with van der Waals surface area (Å²) in [7, 11) is 0. The second-order valence-electron chi connectivity index (χ2n) is 6.62. The van der Waals surface area contributed by atoms with E-state index in [0.717, 1.165) is 33.0 Å². The molecule has 0 saturated carbocycles. The fourth-order valence-electron chi connectivity index (χ4n) is 3.05. The standard InChI is InChI=1S/C21H23N3O3S/c1-14-11-15(2)21(16(3)12-14)27-13-19(25)22-8-9-24-20(26)7-6-17(23-24)18-5-4-10-28-18/h4-7,10-12H,8-9,13H2,1-3H3,(H,22,25). The number of nitrogens with zero attached hydrogens (tertiary/aromatic N) is 2. The molecule has 2 aromatic heterocycles. The number of amides is 1. The average Bonchev–Trinajstić information content (AvgIpc) is 3.17. The summed E-state index contributed by atoms with van der Waals surface area (Å²) in [6, 6.07) is 11.2. The third-order valence-electron chi connectivity index (χ3n) is 4.24. The van der Waals surface area contributed by atoms with E-state index in [1.807, 2.05) is 50.4 Å². The Balaban J connectivity index is 1.53. The van der Waals surface area contributed by atoms with Crippen molar-refractivity contribution in [3.05, 3.63) is 68.8 Å². The molecule has 3 rings (SSSR count). The number of hydrogen-bond donors (Lipinski definition) is 1. The van der Waals surface area contributed by atoms with Crippen LogP contribution in [0.2, 0.25) is 0 Å². The van der Waals surface area contributed by atoms with Crippen LogP contribution < -0.4 is 15.6 Å². The highest BCUT2D eigenvalue weighted by Gasteiger charge is 2.09. The van der Waals surface area contributed by atoms with Crippen LogP contribution in [0.4, 0.5) is 0 Å². The molecular formula is C21H23N3O3S. The molecule has 6 nitrogen and oxygen atoms in total. The molecule has 1 N–H and O–H groups in total. The molecule has 0 spiro atoms. The van der Waals surface area contributed by atoms with E-state index in [9.17, 15) is 9.59 Å². The Hall–Kier alpha value is -2.93. The third-order valence-corrected chi connectivity index (χ3v) is 5.13. The Morgan fingerprint density at radius 2 is 1.93 bits per heavy atom. The van der Waals surface area contributed by atoms with Crippen LogP contribution in [0.15, 0.2) is 46.6 Å². The average molecular weight is 398 g/mol. The molecule has 0 saturated heterocycles. The second-order valence-corrected chi connectivity index (χ2v) is 7.57. The van der Waals surface area contributed by atoms with E-state index in [1.54, 1.807) is 17.4 Å². The molecule has 0 aliphatic heterocycles. The number of hydrogen-bond acceptors (Lipinski definition) is 5. The first-order valence-electron chi connectivity index (χ1n) is 9.03. The van der Waals surface area contributed by atoms with Gasteiger partial charge in [-0.2, -0.15) is 5.10 Å². The summed E-state index contributed by atoms with van der Waals surface area (Å²) in [5.74, 6) is 0.504. The van der Waals surface area contributed by atoms with Crippen LogP contribution in [0.5, 0.6) is 5.75 Å². The monoisotopic (exact) mass is 397 g/mol. The van der Waals surface area contributed by atoms with E-state index in [0.29, 0.717) is 13.1 Å². The first kappa shape index (κ1) is 19.8. The largest absolute Gasteiger partial charge is 0.483 e. The van der Waals surface area contributed by atoms with E-state index in [1.165, 1.54) is 10.7 Å². The maximum Gasteiger partial charge on any atom is 0.266 e. The predicted octanol–water partition coefficient (Wildman–Crippen LogP) is 3.09. The minimum Gasteiger partial charge on any atom is -0.483 e. The molecule has 0 atom stereocenters. The van der Waals surface area contributed by atoms with Gasteiger partial charge in [-0.15, -0.1) is 11.3 Å². The van der Waals surface area contributed by atoms with Gasteiger partial charge in [-0.25, -0.2) is 4.68 Å². The molecule has 146 valence electrons. The zero-order chi connectivity index (χ0) is 20.1. The smallest absolute Gasteiger partial charge is 0.266 e. The number of thiophene rings is 1. The van der Waals surface area contributed by atoms with E-state index < -0.39 is 0 Å². The number of carbonyl (C=O) groups is 1. The van der Waals surface area contributed by atoms with Gasteiger partial charge >= 0.3 is 0 Å². The van der Waals surface area contributed by atoms with Crippen LogP contribution in [0.1, 0.15) is 16.7 Å². The lowest BCUT2D eigenvalue weighted by Gasteiger charge is -2.13. The van der Waals surface area contributed by atoms with Gasteiger partial charge in [0, 0.05) is 12.6 Å². The number of carbonyl (C=O) groups excluding carboxylic acids is 1. The Labute approximate surface area is 167 Å². The maximum atomic E-state index is 12.1. The number of aryl methyl sites for hydroxylation is 3. The van der Waals surface area contributed by atoms with Gasteiger partial charge in [0.15, 0.2) is 6.61 Å². The number of aromatic nitrogens is 2. The lowest BCUT2D eigenvalue weighted by molar-refractivity contribution is -0.123. The summed E-state index contributed by atoms with van der Waals surface area (Å²) in [5.41, 5.74) is 3.72. The van der Waals surface area contributed by atoms with Crippen molar-refractivity contribution >= 4 is 17.2 Å². The summed E-state index contributed by atoms with van der Waals surface area (Å²) >= 11 is 1.56. The first-order chi connectivity index (χ1) is 13.4. The Bertz CT molecular complexity index is 1000. The minimum atomic E-state index is -0.234. The molecule has 0 fully saturated rings. The van der Waals surface area contributed by atoms with Crippen molar-refractivity contribution in [3.8, 4) is 16.3 Å². The first-order valence-corrected chi connectivity index (χ1v) is 9.91. The van der Waals surface area contributed by atoms with E-state index >= 15 is 0 Å². The summed E-state index contributed by atoms with van der Waals surface area (Å²) in [4.78, 5) is 25.1. The van der Waals surface area contributed by atoms with Crippen molar-refractivity contribution < 1.29 is 9.53 Å². The molecule has 3 aromatic rings. The topological polar surface area (TPSA) is 73.2 Å². The highest BCUT2D eigenvalue weighted by molar-refractivity contribution is 7.13. The van der Waals surface area contributed by atoms with E-state index in [2.05, 4.69) is 10.4 Å². The van der Waals surface area contributed by atoms with Crippen LogP contribution in [0.3, 0.4) is 0 Å². The molecule has 0 unspecified atom stereocenters. The third kappa shape index (κ3) is 4.86. The zero-order valence-corrected chi connectivity index (χ0v) is 17.0. The number of benzene rings is 1. The number of rotatable bonds is 7. The van der Waals surface area contributed by atoms with Crippen molar-refractivity contribution in [2.75, 3.05) is 13.2 Å². The van der Waals surface area contributed by atoms with Crippen LogP contribution in [-0.4, -0.2) is 28.8 Å². The Kier molecular flexibility index (Phi) is 6.26. The Morgan fingerprint density at radius 3 is 2.61 bits per heavy atom. The number of ether oxygens (including phenoxy) is 1. The normalized spacial score (nSPS) is 10.7. The lowest BCUT2D eigenvalue weighted by Crippen LogP contribution is -2.34. The molecule has 0 radical (unpaired) electrons. The van der Waals surface area contributed by atoms with E-state index in [4.69, 9.17) is 4.74 Å². The molecule has 1 amide bonds. The quantitative estimate of drug-likeness (QED) is 0.665. The molecule has 1 aromatic carbocycles. The predicted molar refractivity (Wildman–Crippen MR) is 111 cm³/mol. The van der Waals surface area contributed by atoms with Crippen molar-refractivity contribution in [2.24, 2.45) is 0 Å². The van der Waals surface area contributed by atoms with Crippen LogP contribution in [-0.2, 0) is 11.3 Å². The highest BCUT2D eigenvalue weighted by atomic mass is 32.1. The maximum absolute atomic E-state index is 12.1. The second kappa shape index (κ2) is 8.84. The molecule has 28 heavy (non-hydrogen) atoms. The summed E-state index contributed by atoms with van der Waals surface area (Å²) in [6.07, 6.45) is 0. The molecule has 0 aliphatic rings. The zero-order valence-electron chi connectivity index (χ0n) is 16.2.